The number of nitrogens with one attached hydrogen (secondary N) is 1. The van der Waals surface area contributed by atoms with Crippen molar-refractivity contribution < 1.29 is 23.0 Å². The minimum absolute atomic E-state index is 0.0361. The molecule has 0 atom stereocenters. The van der Waals surface area contributed by atoms with Crippen LogP contribution >= 0.6 is 0 Å². The molecule has 1 amide bonds. The molecular formula is C14H16F2N2O3. The number of benzene rings is 1. The van der Waals surface area contributed by atoms with E-state index in [1.54, 1.807) is 13.0 Å². The summed E-state index contributed by atoms with van der Waals surface area (Å²) in [6, 6.07) is 4.45. The van der Waals surface area contributed by atoms with Crippen molar-refractivity contribution >= 4 is 12.1 Å². The molecule has 0 aromatic heterocycles. The Balaban J connectivity index is 2.03. The third kappa shape index (κ3) is 4.70. The molecule has 0 heterocycles. The molecule has 1 fully saturated rings. The second-order valence-corrected chi connectivity index (χ2v) is 4.53. The quantitative estimate of drug-likeness (QED) is 0.621. The Morgan fingerprint density at radius 2 is 2.24 bits per heavy atom. The van der Waals surface area contributed by atoms with Crippen LogP contribution < -0.4 is 14.9 Å². The van der Waals surface area contributed by atoms with Crippen LogP contribution in [0.5, 0.6) is 11.5 Å². The zero-order chi connectivity index (χ0) is 15.2. The maximum Gasteiger partial charge on any atom is 0.387 e. The van der Waals surface area contributed by atoms with E-state index in [0.29, 0.717) is 12.2 Å². The molecule has 0 spiro atoms. The van der Waals surface area contributed by atoms with Crippen LogP contribution in [0, 0.1) is 5.92 Å². The third-order valence-corrected chi connectivity index (χ3v) is 2.82. The first-order valence-electron chi connectivity index (χ1n) is 6.64. The second-order valence-electron chi connectivity index (χ2n) is 4.53. The number of alkyl halides is 2. The summed E-state index contributed by atoms with van der Waals surface area (Å²) in [5.41, 5.74) is 3.04. The average molecular weight is 298 g/mol. The van der Waals surface area contributed by atoms with Gasteiger partial charge >= 0.3 is 6.61 Å². The van der Waals surface area contributed by atoms with Crippen molar-refractivity contribution in [2.24, 2.45) is 11.0 Å². The molecular weight excluding hydrogens is 282 g/mol. The highest BCUT2D eigenvalue weighted by atomic mass is 19.3. The van der Waals surface area contributed by atoms with E-state index in [2.05, 4.69) is 15.3 Å². The standard InChI is InChI=1S/C14H16F2N2O3/c1-2-20-12-7-9(3-6-11(12)21-14(15)16)8-17-18-13(19)10-4-5-10/h3,6-8,10,14H,2,4-5H2,1H3,(H,18,19)/b17-8-. The fourth-order valence-electron chi connectivity index (χ4n) is 1.67. The Morgan fingerprint density at radius 3 is 2.86 bits per heavy atom. The number of hydrogen-bond donors (Lipinski definition) is 1. The number of carbonyl (C=O) groups is 1. The van der Waals surface area contributed by atoms with E-state index in [9.17, 15) is 13.6 Å². The fourth-order valence-corrected chi connectivity index (χ4v) is 1.67. The van der Waals surface area contributed by atoms with Crippen molar-refractivity contribution in [2.75, 3.05) is 6.61 Å². The van der Waals surface area contributed by atoms with Gasteiger partial charge in [-0.25, -0.2) is 5.43 Å². The van der Waals surface area contributed by atoms with Crippen molar-refractivity contribution in [3.63, 3.8) is 0 Å². The van der Waals surface area contributed by atoms with Gasteiger partial charge in [-0.2, -0.15) is 13.9 Å². The molecule has 0 radical (unpaired) electrons. The van der Waals surface area contributed by atoms with E-state index in [4.69, 9.17) is 4.74 Å². The van der Waals surface area contributed by atoms with Crippen LogP contribution in [0.15, 0.2) is 23.3 Å². The maximum absolute atomic E-state index is 12.3. The molecule has 1 aromatic rings. The van der Waals surface area contributed by atoms with E-state index in [-0.39, 0.29) is 23.3 Å². The molecule has 1 aliphatic rings. The molecule has 2 rings (SSSR count). The van der Waals surface area contributed by atoms with Crippen molar-refractivity contribution in [3.8, 4) is 11.5 Å². The highest BCUT2D eigenvalue weighted by Crippen LogP contribution is 2.30. The van der Waals surface area contributed by atoms with E-state index in [1.807, 2.05) is 0 Å². The monoisotopic (exact) mass is 298 g/mol. The molecule has 7 heteroatoms. The molecule has 114 valence electrons. The van der Waals surface area contributed by atoms with Gasteiger partial charge in [0, 0.05) is 5.92 Å². The van der Waals surface area contributed by atoms with Gasteiger partial charge in [0.2, 0.25) is 5.91 Å². The lowest BCUT2D eigenvalue weighted by molar-refractivity contribution is -0.122. The van der Waals surface area contributed by atoms with Crippen LogP contribution in [-0.4, -0.2) is 25.3 Å². The largest absolute Gasteiger partial charge is 0.490 e. The smallest absolute Gasteiger partial charge is 0.387 e. The summed E-state index contributed by atoms with van der Waals surface area (Å²) in [5, 5.41) is 3.83. The lowest BCUT2D eigenvalue weighted by Gasteiger charge is -2.11. The number of carbonyl (C=O) groups excluding carboxylic acids is 1. The summed E-state index contributed by atoms with van der Waals surface area (Å²) in [6.07, 6.45) is 3.22. The van der Waals surface area contributed by atoms with Gasteiger partial charge in [-0.3, -0.25) is 4.79 Å². The maximum atomic E-state index is 12.3. The van der Waals surface area contributed by atoms with Crippen molar-refractivity contribution in [3.05, 3.63) is 23.8 Å². The Labute approximate surface area is 120 Å². The molecule has 0 aliphatic heterocycles. The molecule has 0 unspecified atom stereocenters. The summed E-state index contributed by atoms with van der Waals surface area (Å²) in [7, 11) is 0. The highest BCUT2D eigenvalue weighted by molar-refractivity contribution is 5.84. The Bertz CT molecular complexity index is 531. The Kier molecular flexibility index (Phi) is 5.08. The number of rotatable bonds is 7. The summed E-state index contributed by atoms with van der Waals surface area (Å²) >= 11 is 0. The van der Waals surface area contributed by atoms with E-state index < -0.39 is 6.61 Å². The molecule has 0 saturated heterocycles. The number of hydrazone groups is 1. The predicted octanol–water partition coefficient (Wildman–Crippen LogP) is 2.55. The minimum atomic E-state index is -2.92. The molecule has 1 aliphatic carbocycles. The Hall–Kier alpha value is -2.18. The first-order chi connectivity index (χ1) is 10.1. The van der Waals surface area contributed by atoms with Gasteiger partial charge in [0.15, 0.2) is 11.5 Å². The number of nitrogens with zero attached hydrogens (tertiary/aromatic N) is 1. The number of halogens is 2. The minimum Gasteiger partial charge on any atom is -0.490 e. The van der Waals surface area contributed by atoms with Gasteiger partial charge in [0.1, 0.15) is 0 Å². The van der Waals surface area contributed by atoms with E-state index in [0.717, 1.165) is 12.8 Å². The molecule has 1 saturated carbocycles. The van der Waals surface area contributed by atoms with Crippen LogP contribution in [0.1, 0.15) is 25.3 Å². The van der Waals surface area contributed by atoms with Gasteiger partial charge in [-0.1, -0.05) is 0 Å². The van der Waals surface area contributed by atoms with Crippen LogP contribution in [0.2, 0.25) is 0 Å². The molecule has 1 aromatic carbocycles. The lowest BCUT2D eigenvalue weighted by Crippen LogP contribution is -2.18. The fraction of sp³-hybridized carbons (Fsp3) is 0.429. The molecule has 0 bridgehead atoms. The SMILES string of the molecule is CCOc1cc(/C=N\NC(=O)C2CC2)ccc1OC(F)F. The zero-order valence-corrected chi connectivity index (χ0v) is 11.5. The second kappa shape index (κ2) is 7.01. The van der Waals surface area contributed by atoms with Crippen LogP contribution in [0.4, 0.5) is 8.78 Å². The van der Waals surface area contributed by atoms with Gasteiger partial charge in [-0.15, -0.1) is 0 Å². The van der Waals surface area contributed by atoms with Crippen LogP contribution in [0.25, 0.3) is 0 Å². The number of amides is 1. The van der Waals surface area contributed by atoms with E-state index >= 15 is 0 Å². The topological polar surface area (TPSA) is 59.9 Å². The first-order valence-corrected chi connectivity index (χ1v) is 6.64. The predicted molar refractivity (Wildman–Crippen MR) is 72.7 cm³/mol. The summed E-state index contributed by atoms with van der Waals surface area (Å²) < 4.78 is 34.1. The Morgan fingerprint density at radius 1 is 1.48 bits per heavy atom. The van der Waals surface area contributed by atoms with Gasteiger partial charge in [0.05, 0.1) is 12.8 Å². The number of hydrogen-bond acceptors (Lipinski definition) is 4. The third-order valence-electron chi connectivity index (χ3n) is 2.82. The van der Waals surface area contributed by atoms with Crippen molar-refractivity contribution in [2.45, 2.75) is 26.4 Å². The van der Waals surface area contributed by atoms with Crippen molar-refractivity contribution in [1.82, 2.24) is 5.43 Å². The molecule has 5 nitrogen and oxygen atoms in total. The highest BCUT2D eigenvalue weighted by Gasteiger charge is 2.29. The lowest BCUT2D eigenvalue weighted by atomic mass is 10.2. The van der Waals surface area contributed by atoms with Crippen LogP contribution in [0.3, 0.4) is 0 Å². The molecule has 21 heavy (non-hydrogen) atoms. The number of ether oxygens (including phenoxy) is 2. The van der Waals surface area contributed by atoms with Gasteiger partial charge in [-0.05, 0) is 43.5 Å². The average Bonchev–Trinajstić information content (AvgIpc) is 3.25. The first kappa shape index (κ1) is 15.2. The van der Waals surface area contributed by atoms with Crippen LogP contribution in [-0.2, 0) is 4.79 Å². The summed E-state index contributed by atoms with van der Waals surface area (Å²) in [4.78, 5) is 11.4. The summed E-state index contributed by atoms with van der Waals surface area (Å²) in [6.45, 7) is -0.858. The van der Waals surface area contributed by atoms with Crippen molar-refractivity contribution in [1.29, 1.82) is 0 Å². The normalized spacial score (nSPS) is 14.5. The summed E-state index contributed by atoms with van der Waals surface area (Å²) in [5.74, 6) is 0.137. The van der Waals surface area contributed by atoms with Gasteiger partial charge < -0.3 is 9.47 Å². The molecule has 1 N–H and O–H groups in total. The zero-order valence-electron chi connectivity index (χ0n) is 11.5. The van der Waals surface area contributed by atoms with Gasteiger partial charge in [0.25, 0.3) is 0 Å². The van der Waals surface area contributed by atoms with E-state index in [1.165, 1.54) is 18.3 Å².